The fourth-order valence-corrected chi connectivity index (χ4v) is 8.82. The van der Waals surface area contributed by atoms with E-state index >= 15 is 0 Å². The molecule has 0 saturated carbocycles. The van der Waals surface area contributed by atoms with Crippen molar-refractivity contribution >= 4 is 31.9 Å². The molecular weight excluding hydrogens is 739 g/mol. The smallest absolute Gasteiger partial charge is 0.410 e. The molecule has 2 aliphatic heterocycles. The van der Waals surface area contributed by atoms with Gasteiger partial charge in [-0.3, -0.25) is 0 Å². The topological polar surface area (TPSA) is 127 Å². The van der Waals surface area contributed by atoms with Gasteiger partial charge in [-0.1, -0.05) is 84.9 Å². The van der Waals surface area contributed by atoms with Crippen LogP contribution in [0, 0.1) is 11.6 Å². The van der Waals surface area contributed by atoms with E-state index in [9.17, 15) is 35.2 Å². The molecule has 2 aliphatic rings. The Morgan fingerprint density at radius 3 is 1.22 bits per heavy atom. The summed E-state index contributed by atoms with van der Waals surface area (Å²) < 4.78 is 85.5. The highest BCUT2D eigenvalue weighted by Crippen LogP contribution is 2.36. The minimum Gasteiger partial charge on any atom is -0.445 e. The maximum atomic E-state index is 13.3. The number of carbonyl (C=O) groups excluding carboxylic acids is 2. The molecule has 2 heterocycles. The van der Waals surface area contributed by atoms with E-state index in [2.05, 4.69) is 0 Å². The minimum atomic E-state index is -3.23. The Kier molecular flexibility index (Phi) is 13.5. The van der Waals surface area contributed by atoms with Crippen molar-refractivity contribution in [3.63, 3.8) is 0 Å². The Labute approximate surface area is 315 Å². The first kappa shape index (κ1) is 40.4. The van der Waals surface area contributed by atoms with Crippen LogP contribution >= 0.6 is 0 Å². The highest BCUT2D eigenvalue weighted by atomic mass is 32.2. The van der Waals surface area contributed by atoms with E-state index in [4.69, 9.17) is 9.47 Å². The molecule has 54 heavy (non-hydrogen) atoms. The second kappa shape index (κ2) is 18.0. The van der Waals surface area contributed by atoms with E-state index in [-0.39, 0.29) is 50.8 Å². The molecule has 10 nitrogen and oxygen atoms in total. The van der Waals surface area contributed by atoms with Gasteiger partial charge in [0, 0.05) is 25.6 Å². The summed E-state index contributed by atoms with van der Waals surface area (Å²) >= 11 is 0. The summed E-state index contributed by atoms with van der Waals surface area (Å²) in [6.45, 7) is 0.824. The molecule has 4 aromatic rings. The van der Waals surface area contributed by atoms with Gasteiger partial charge in [-0.2, -0.15) is 0 Å². The van der Waals surface area contributed by atoms with E-state index in [0.717, 1.165) is 11.1 Å². The van der Waals surface area contributed by atoms with Crippen LogP contribution in [0.2, 0.25) is 0 Å². The summed E-state index contributed by atoms with van der Waals surface area (Å²) in [5.41, 5.74) is 3.13. The van der Waals surface area contributed by atoms with Gasteiger partial charge in [0.1, 0.15) is 44.5 Å². The summed E-state index contributed by atoms with van der Waals surface area (Å²) in [5, 5.41) is -1.07. The first-order valence-corrected chi connectivity index (χ1v) is 21.4. The Morgan fingerprint density at radius 2 is 0.907 bits per heavy atom. The van der Waals surface area contributed by atoms with Gasteiger partial charge in [0.2, 0.25) is 0 Å². The number of amides is 2. The predicted octanol–water partition coefficient (Wildman–Crippen LogP) is 7.43. The molecule has 0 bridgehead atoms. The van der Waals surface area contributed by atoms with Crippen LogP contribution in [-0.2, 0) is 42.4 Å². The molecule has 0 aliphatic carbocycles. The van der Waals surface area contributed by atoms with Crippen molar-refractivity contribution in [3.05, 3.63) is 143 Å². The van der Waals surface area contributed by atoms with Gasteiger partial charge in [-0.05, 0) is 72.2 Å². The monoisotopic (exact) mass is 782 g/mol. The number of halogens is 2. The lowest BCUT2D eigenvalue weighted by atomic mass is 9.95. The minimum absolute atomic E-state index is 0.141. The summed E-state index contributed by atoms with van der Waals surface area (Å²) in [4.78, 5) is 28.4. The van der Waals surface area contributed by atoms with Gasteiger partial charge >= 0.3 is 12.2 Å². The molecule has 2 amide bonds. The van der Waals surface area contributed by atoms with Crippen LogP contribution in [-0.4, -0.2) is 74.9 Å². The van der Waals surface area contributed by atoms with E-state index in [1.807, 2.05) is 60.7 Å². The Morgan fingerprint density at radius 1 is 0.574 bits per heavy atom. The van der Waals surface area contributed by atoms with Crippen LogP contribution in [0.3, 0.4) is 0 Å². The van der Waals surface area contributed by atoms with Crippen LogP contribution in [0.5, 0.6) is 0 Å². The van der Waals surface area contributed by atoms with Gasteiger partial charge in [0.05, 0.1) is 22.6 Å². The van der Waals surface area contributed by atoms with Crippen LogP contribution in [0.1, 0.15) is 60.0 Å². The molecule has 4 aromatic carbocycles. The second-order valence-electron chi connectivity index (χ2n) is 13.6. The fraction of sp³-hybridized carbons (Fsp3) is 0.350. The number of benzene rings is 4. The number of carbonyl (C=O) groups is 2. The molecule has 0 spiro atoms. The number of piperidine rings is 2. The van der Waals surface area contributed by atoms with Crippen LogP contribution in [0.15, 0.2) is 109 Å². The first-order chi connectivity index (χ1) is 25.7. The maximum Gasteiger partial charge on any atom is 0.410 e. The van der Waals surface area contributed by atoms with Crippen LogP contribution in [0.4, 0.5) is 18.4 Å². The highest BCUT2D eigenvalue weighted by molar-refractivity contribution is 7.91. The van der Waals surface area contributed by atoms with Crippen molar-refractivity contribution in [3.8, 4) is 0 Å². The predicted molar refractivity (Wildman–Crippen MR) is 201 cm³/mol. The van der Waals surface area contributed by atoms with Gasteiger partial charge in [0.15, 0.2) is 0 Å². The van der Waals surface area contributed by atoms with Crippen LogP contribution in [0.25, 0.3) is 0 Å². The van der Waals surface area contributed by atoms with Crippen molar-refractivity contribution in [1.82, 2.24) is 9.80 Å². The third-order valence-corrected chi connectivity index (χ3v) is 13.0. The molecule has 14 heteroatoms. The number of ether oxygens (including phenoxy) is 2. The maximum absolute atomic E-state index is 13.3. The SMILES string of the molecule is CS(=O)(=O)[C@@H]1CCN(C(=O)OCc2ccccc2)[C@H](c2ccc(F)cc2)C1.CS(=O)(=O)[C@H]1CCN(C(=O)OCc2ccccc2)[C@@H](c2ccc(F)cc2)C1. The third-order valence-electron chi connectivity index (χ3n) is 9.71. The summed E-state index contributed by atoms with van der Waals surface area (Å²) in [7, 11) is -6.46. The third kappa shape index (κ3) is 11.1. The summed E-state index contributed by atoms with van der Waals surface area (Å²) in [6, 6.07) is 29.3. The first-order valence-electron chi connectivity index (χ1n) is 17.5. The van der Waals surface area contributed by atoms with E-state index in [1.165, 1.54) is 46.6 Å². The number of nitrogens with zero attached hydrogens (tertiary/aromatic N) is 2. The van der Waals surface area contributed by atoms with E-state index in [0.29, 0.717) is 24.0 Å². The average molecular weight is 783 g/mol. The Balaban J connectivity index is 0.000000208. The zero-order valence-corrected chi connectivity index (χ0v) is 31.7. The van der Waals surface area contributed by atoms with Crippen molar-refractivity contribution < 1.29 is 44.7 Å². The molecule has 288 valence electrons. The number of rotatable bonds is 8. The Bertz CT molecular complexity index is 1920. The molecule has 4 atom stereocenters. The fourth-order valence-electron chi connectivity index (χ4n) is 6.69. The van der Waals surface area contributed by atoms with Gasteiger partial charge in [-0.25, -0.2) is 35.2 Å². The molecule has 6 rings (SSSR count). The number of hydrogen-bond donors (Lipinski definition) is 0. The molecule has 0 unspecified atom stereocenters. The molecule has 0 N–H and O–H groups in total. The second-order valence-corrected chi connectivity index (χ2v) is 18.2. The largest absolute Gasteiger partial charge is 0.445 e. The number of hydrogen-bond acceptors (Lipinski definition) is 8. The lowest BCUT2D eigenvalue weighted by Crippen LogP contribution is -2.44. The van der Waals surface area contributed by atoms with Gasteiger partial charge in [0.25, 0.3) is 0 Å². The van der Waals surface area contributed by atoms with Crippen molar-refractivity contribution in [2.45, 2.75) is 61.5 Å². The van der Waals surface area contributed by atoms with E-state index in [1.54, 1.807) is 24.3 Å². The quantitative estimate of drug-likeness (QED) is 0.181. The molecular formula is C40H44F2N2O8S2. The molecule has 0 aromatic heterocycles. The van der Waals surface area contributed by atoms with Crippen molar-refractivity contribution in [2.75, 3.05) is 25.6 Å². The standard InChI is InChI=1S/2C20H22FNO4S/c2*1-27(24,25)18-11-12-22(19(13-18)16-7-9-17(21)10-8-16)20(23)26-14-15-5-3-2-4-6-15/h2*2-10,18-19H,11-14H2,1H3/t2*18-,19+/m10/s1. The lowest BCUT2D eigenvalue weighted by Gasteiger charge is -2.38. The van der Waals surface area contributed by atoms with E-state index < -0.39 is 54.4 Å². The van der Waals surface area contributed by atoms with Gasteiger partial charge < -0.3 is 19.3 Å². The normalized spacial score (nSPS) is 20.3. The zero-order valence-electron chi connectivity index (χ0n) is 30.1. The zero-order chi connectivity index (χ0) is 38.9. The summed E-state index contributed by atoms with van der Waals surface area (Å²) in [5.74, 6) is -0.764. The van der Waals surface area contributed by atoms with Crippen molar-refractivity contribution in [1.29, 1.82) is 0 Å². The molecule has 0 radical (unpaired) electrons. The van der Waals surface area contributed by atoms with Gasteiger partial charge in [-0.15, -0.1) is 0 Å². The van der Waals surface area contributed by atoms with Crippen LogP contribution < -0.4 is 0 Å². The number of likely N-dealkylation sites (tertiary alicyclic amines) is 2. The summed E-state index contributed by atoms with van der Waals surface area (Å²) in [6.07, 6.45) is 2.68. The number of sulfone groups is 2. The lowest BCUT2D eigenvalue weighted by molar-refractivity contribution is 0.0679. The average Bonchev–Trinajstić information content (AvgIpc) is 3.16. The van der Waals surface area contributed by atoms with Crippen molar-refractivity contribution in [2.24, 2.45) is 0 Å². The highest BCUT2D eigenvalue weighted by Gasteiger charge is 2.39. The Hall–Kier alpha value is -4.82. The molecule has 2 fully saturated rings. The molecule has 2 saturated heterocycles.